The molecule has 26 heavy (non-hydrogen) atoms. The number of ether oxygens (including phenoxy) is 1. The van der Waals surface area contributed by atoms with Crippen molar-refractivity contribution in [2.45, 2.75) is 6.10 Å². The van der Waals surface area contributed by atoms with E-state index in [0.29, 0.717) is 30.1 Å². The van der Waals surface area contributed by atoms with Crippen LogP contribution < -0.4 is 0 Å². The summed E-state index contributed by atoms with van der Waals surface area (Å²) in [5, 5.41) is 0. The van der Waals surface area contributed by atoms with Gasteiger partial charge < -0.3 is 9.64 Å². The van der Waals surface area contributed by atoms with E-state index in [1.165, 1.54) is 17.4 Å². The largest absolute Gasteiger partial charge is 0.370 e. The second-order valence-electron chi connectivity index (χ2n) is 6.17. The van der Waals surface area contributed by atoms with Gasteiger partial charge in [-0.05, 0) is 23.8 Å². The van der Waals surface area contributed by atoms with Gasteiger partial charge in [-0.1, -0.05) is 48.5 Å². The summed E-state index contributed by atoms with van der Waals surface area (Å²) in [7, 11) is 0. The predicted octanol–water partition coefficient (Wildman–Crippen LogP) is 4.77. The number of nitrogens with zero attached hydrogens (tertiary/aromatic N) is 1. The van der Waals surface area contributed by atoms with Crippen LogP contribution in [0.2, 0.25) is 0 Å². The first-order valence-corrected chi connectivity index (χ1v) is 9.34. The number of rotatable bonds is 3. The van der Waals surface area contributed by atoms with Crippen molar-refractivity contribution in [2.24, 2.45) is 0 Å². The van der Waals surface area contributed by atoms with Crippen LogP contribution in [-0.4, -0.2) is 30.5 Å². The Bertz CT molecular complexity index is 909. The van der Waals surface area contributed by atoms with Gasteiger partial charge in [0.1, 0.15) is 11.9 Å². The number of carbonyl (C=O) groups is 1. The van der Waals surface area contributed by atoms with Gasteiger partial charge in [0.05, 0.1) is 18.0 Å². The molecule has 1 fully saturated rings. The highest BCUT2D eigenvalue weighted by Crippen LogP contribution is 2.31. The minimum absolute atomic E-state index is 0.0261. The quantitative estimate of drug-likeness (QED) is 0.667. The molecule has 0 spiro atoms. The SMILES string of the molecule is O=C(c1ccc(-c2ccccc2F)s1)N1CCO[C@@H](c2ccccc2)C1. The third kappa shape index (κ3) is 3.41. The molecule has 1 amide bonds. The molecule has 1 aromatic heterocycles. The highest BCUT2D eigenvalue weighted by Gasteiger charge is 2.27. The molecule has 4 rings (SSSR count). The van der Waals surface area contributed by atoms with E-state index in [-0.39, 0.29) is 17.8 Å². The first-order valence-electron chi connectivity index (χ1n) is 8.53. The summed E-state index contributed by atoms with van der Waals surface area (Å²) in [6.07, 6.45) is -0.111. The minimum atomic E-state index is -0.274. The molecule has 1 aliphatic heterocycles. The van der Waals surface area contributed by atoms with Crippen LogP contribution in [0.25, 0.3) is 10.4 Å². The molecule has 0 bridgehead atoms. The topological polar surface area (TPSA) is 29.5 Å². The van der Waals surface area contributed by atoms with E-state index in [1.807, 2.05) is 41.3 Å². The van der Waals surface area contributed by atoms with Crippen LogP contribution in [0.1, 0.15) is 21.3 Å². The van der Waals surface area contributed by atoms with Crippen LogP contribution in [0.4, 0.5) is 4.39 Å². The van der Waals surface area contributed by atoms with Crippen LogP contribution >= 0.6 is 11.3 Å². The van der Waals surface area contributed by atoms with E-state index in [1.54, 1.807) is 24.3 Å². The van der Waals surface area contributed by atoms with E-state index in [2.05, 4.69) is 0 Å². The Morgan fingerprint density at radius 3 is 2.62 bits per heavy atom. The summed E-state index contributed by atoms with van der Waals surface area (Å²) in [5.41, 5.74) is 1.60. The minimum Gasteiger partial charge on any atom is -0.370 e. The van der Waals surface area contributed by atoms with Gasteiger partial charge in [-0.25, -0.2) is 4.39 Å². The predicted molar refractivity (Wildman–Crippen MR) is 101 cm³/mol. The van der Waals surface area contributed by atoms with Gasteiger partial charge >= 0.3 is 0 Å². The first kappa shape index (κ1) is 16.9. The number of morpholine rings is 1. The zero-order chi connectivity index (χ0) is 17.9. The van der Waals surface area contributed by atoms with E-state index in [0.717, 1.165) is 10.4 Å². The zero-order valence-corrected chi connectivity index (χ0v) is 14.9. The van der Waals surface area contributed by atoms with Crippen LogP contribution in [0.15, 0.2) is 66.7 Å². The van der Waals surface area contributed by atoms with Crippen molar-refractivity contribution in [3.05, 3.63) is 83.0 Å². The van der Waals surface area contributed by atoms with Crippen molar-refractivity contribution in [1.29, 1.82) is 0 Å². The Morgan fingerprint density at radius 1 is 1.04 bits per heavy atom. The monoisotopic (exact) mass is 367 g/mol. The summed E-state index contributed by atoms with van der Waals surface area (Å²) in [6.45, 7) is 1.60. The molecule has 0 unspecified atom stereocenters. The Kier molecular flexibility index (Phi) is 4.82. The van der Waals surface area contributed by atoms with Gasteiger partial charge in [0.2, 0.25) is 0 Å². The summed E-state index contributed by atoms with van der Waals surface area (Å²) in [5.74, 6) is -0.300. The highest BCUT2D eigenvalue weighted by molar-refractivity contribution is 7.17. The summed E-state index contributed by atoms with van der Waals surface area (Å²) in [4.78, 5) is 16.1. The summed E-state index contributed by atoms with van der Waals surface area (Å²) >= 11 is 1.33. The molecule has 0 saturated carbocycles. The molecule has 1 saturated heterocycles. The Hall–Kier alpha value is -2.50. The van der Waals surface area contributed by atoms with Gasteiger partial charge in [-0.2, -0.15) is 0 Å². The van der Waals surface area contributed by atoms with Crippen LogP contribution in [0.3, 0.4) is 0 Å². The summed E-state index contributed by atoms with van der Waals surface area (Å²) in [6, 6.07) is 20.2. The van der Waals surface area contributed by atoms with E-state index >= 15 is 0 Å². The average Bonchev–Trinajstić information content (AvgIpc) is 3.18. The number of halogens is 1. The first-order chi connectivity index (χ1) is 12.7. The standard InChI is InChI=1S/C21H18FNO2S/c22-17-9-5-4-8-16(17)19-10-11-20(26-19)21(24)23-12-13-25-18(14-23)15-6-2-1-3-7-15/h1-11,18H,12-14H2/t18-/m1/s1. The molecule has 1 aliphatic rings. The second-order valence-corrected chi connectivity index (χ2v) is 7.25. The van der Waals surface area contributed by atoms with Crippen molar-refractivity contribution in [1.82, 2.24) is 4.90 Å². The third-order valence-corrected chi connectivity index (χ3v) is 5.59. The smallest absolute Gasteiger partial charge is 0.264 e. The maximum absolute atomic E-state index is 14.0. The van der Waals surface area contributed by atoms with Gasteiger partial charge in [0.25, 0.3) is 5.91 Å². The van der Waals surface area contributed by atoms with E-state index in [4.69, 9.17) is 4.74 Å². The molecule has 2 heterocycles. The molecule has 0 radical (unpaired) electrons. The number of amides is 1. The molecule has 5 heteroatoms. The van der Waals surface area contributed by atoms with Crippen LogP contribution in [-0.2, 0) is 4.74 Å². The lowest BCUT2D eigenvalue weighted by Crippen LogP contribution is -2.42. The molecule has 0 aliphatic carbocycles. The number of thiophene rings is 1. The van der Waals surface area contributed by atoms with Crippen molar-refractivity contribution in [2.75, 3.05) is 19.7 Å². The molecule has 132 valence electrons. The number of carbonyl (C=O) groups excluding carboxylic acids is 1. The molecule has 0 N–H and O–H groups in total. The zero-order valence-electron chi connectivity index (χ0n) is 14.1. The normalized spacial score (nSPS) is 17.3. The lowest BCUT2D eigenvalue weighted by molar-refractivity contribution is -0.0226. The van der Waals surface area contributed by atoms with Gasteiger partial charge in [-0.3, -0.25) is 4.79 Å². The fourth-order valence-electron chi connectivity index (χ4n) is 3.12. The second kappa shape index (κ2) is 7.40. The fraction of sp³-hybridized carbons (Fsp3) is 0.190. The van der Waals surface area contributed by atoms with Crippen LogP contribution in [0.5, 0.6) is 0 Å². The van der Waals surface area contributed by atoms with Crippen molar-refractivity contribution < 1.29 is 13.9 Å². The Morgan fingerprint density at radius 2 is 1.81 bits per heavy atom. The molecule has 3 nitrogen and oxygen atoms in total. The molecule has 2 aromatic carbocycles. The number of hydrogen-bond donors (Lipinski definition) is 0. The van der Waals surface area contributed by atoms with E-state index < -0.39 is 0 Å². The Balaban J connectivity index is 1.52. The van der Waals surface area contributed by atoms with Crippen LogP contribution in [0, 0.1) is 5.82 Å². The molecular formula is C21H18FNO2S. The fourth-order valence-corrected chi connectivity index (χ4v) is 4.12. The average molecular weight is 367 g/mol. The van der Waals surface area contributed by atoms with E-state index in [9.17, 15) is 9.18 Å². The lowest BCUT2D eigenvalue weighted by Gasteiger charge is -2.33. The maximum atomic E-state index is 14.0. The number of benzene rings is 2. The molecule has 3 aromatic rings. The Labute approximate surface area is 155 Å². The molecular weight excluding hydrogens is 349 g/mol. The number of hydrogen-bond acceptors (Lipinski definition) is 3. The van der Waals surface area contributed by atoms with Crippen molar-refractivity contribution in [3.8, 4) is 10.4 Å². The van der Waals surface area contributed by atoms with Gasteiger partial charge in [-0.15, -0.1) is 11.3 Å². The maximum Gasteiger partial charge on any atom is 0.264 e. The summed E-state index contributed by atoms with van der Waals surface area (Å²) < 4.78 is 19.8. The third-order valence-electron chi connectivity index (χ3n) is 4.48. The van der Waals surface area contributed by atoms with Crippen molar-refractivity contribution in [3.63, 3.8) is 0 Å². The molecule has 1 atom stereocenters. The highest BCUT2D eigenvalue weighted by atomic mass is 32.1. The van der Waals surface area contributed by atoms with Gasteiger partial charge in [0.15, 0.2) is 0 Å². The van der Waals surface area contributed by atoms with Gasteiger partial charge in [0, 0.05) is 17.0 Å². The lowest BCUT2D eigenvalue weighted by atomic mass is 10.1. The van der Waals surface area contributed by atoms with Crippen molar-refractivity contribution >= 4 is 17.2 Å².